The first-order valence-electron chi connectivity index (χ1n) is 11.1. The Morgan fingerprint density at radius 1 is 1.04 bits per heavy atom. The van der Waals surface area contributed by atoms with Gasteiger partial charge in [-0.05, 0) is 92.4 Å². The van der Waals surface area contributed by atoms with Crippen molar-refractivity contribution in [3.63, 3.8) is 0 Å². The summed E-state index contributed by atoms with van der Waals surface area (Å²) in [6.07, 6.45) is 10.8. The van der Waals surface area contributed by atoms with Crippen LogP contribution >= 0.6 is 0 Å². The molecule has 4 aliphatic carbocycles. The van der Waals surface area contributed by atoms with Gasteiger partial charge in [-0.25, -0.2) is 4.79 Å². The highest BCUT2D eigenvalue weighted by molar-refractivity contribution is 5.85. The van der Waals surface area contributed by atoms with E-state index in [1.54, 1.807) is 6.08 Å². The lowest BCUT2D eigenvalue weighted by atomic mass is 9.43. The fraction of sp³-hybridized carbons (Fsp3) is 0.870. The Labute approximate surface area is 162 Å². The zero-order chi connectivity index (χ0) is 19.0. The molecule has 5 unspecified atom stereocenters. The maximum absolute atomic E-state index is 12.1. The summed E-state index contributed by atoms with van der Waals surface area (Å²) in [5.74, 6) is 1.59. The Hall–Kier alpha value is -0.870. The first-order chi connectivity index (χ1) is 12.8. The molecule has 0 bridgehead atoms. The lowest BCUT2D eigenvalue weighted by Crippen LogP contribution is -2.62. The van der Waals surface area contributed by atoms with Gasteiger partial charge in [-0.2, -0.15) is 0 Å². The van der Waals surface area contributed by atoms with Crippen LogP contribution in [0.3, 0.4) is 0 Å². The molecule has 0 aromatic rings. The third-order valence-electron chi connectivity index (χ3n) is 9.96. The molecule has 1 heterocycles. The van der Waals surface area contributed by atoms with E-state index in [0.717, 1.165) is 56.9 Å². The molecule has 0 radical (unpaired) electrons. The third-order valence-corrected chi connectivity index (χ3v) is 9.96. The van der Waals surface area contributed by atoms with Crippen molar-refractivity contribution in [2.75, 3.05) is 6.61 Å². The van der Waals surface area contributed by atoms with E-state index in [1.807, 2.05) is 0 Å². The number of rotatable bonds is 1. The van der Waals surface area contributed by atoms with E-state index in [0.29, 0.717) is 24.4 Å². The lowest BCUT2D eigenvalue weighted by Gasteiger charge is -2.63. The van der Waals surface area contributed by atoms with Gasteiger partial charge in [0, 0.05) is 11.5 Å². The van der Waals surface area contributed by atoms with E-state index < -0.39 is 5.60 Å². The van der Waals surface area contributed by atoms with Crippen molar-refractivity contribution < 1.29 is 19.7 Å². The minimum Gasteiger partial charge on any atom is -0.458 e. The molecule has 4 saturated carbocycles. The van der Waals surface area contributed by atoms with E-state index in [-0.39, 0.29) is 28.8 Å². The van der Waals surface area contributed by atoms with Crippen molar-refractivity contribution in [2.24, 2.45) is 34.5 Å². The Bertz CT molecular complexity index is 686. The van der Waals surface area contributed by atoms with Crippen LogP contribution in [0.15, 0.2) is 11.6 Å². The molecule has 0 amide bonds. The first kappa shape index (κ1) is 18.2. The van der Waals surface area contributed by atoms with Crippen molar-refractivity contribution in [1.82, 2.24) is 0 Å². The molecule has 5 rings (SSSR count). The Balaban J connectivity index is 1.47. The third kappa shape index (κ3) is 2.32. The first-order valence-corrected chi connectivity index (χ1v) is 11.1. The molecule has 2 N–H and O–H groups in total. The maximum atomic E-state index is 12.1. The Morgan fingerprint density at radius 3 is 2.59 bits per heavy atom. The summed E-state index contributed by atoms with van der Waals surface area (Å²) in [4.78, 5) is 11.6. The second-order valence-corrected chi connectivity index (χ2v) is 10.7. The maximum Gasteiger partial charge on any atom is 0.331 e. The largest absolute Gasteiger partial charge is 0.458 e. The summed E-state index contributed by atoms with van der Waals surface area (Å²) in [7, 11) is 0. The molecule has 0 saturated heterocycles. The van der Waals surface area contributed by atoms with Crippen LogP contribution in [0.1, 0.15) is 71.6 Å². The molecule has 0 aromatic heterocycles. The molecule has 4 nitrogen and oxygen atoms in total. The topological polar surface area (TPSA) is 66.8 Å². The summed E-state index contributed by atoms with van der Waals surface area (Å²) in [5.41, 5.74) is 0.600. The minimum atomic E-state index is -0.628. The van der Waals surface area contributed by atoms with Crippen LogP contribution in [0.4, 0.5) is 0 Å². The zero-order valence-electron chi connectivity index (χ0n) is 16.7. The van der Waals surface area contributed by atoms with Crippen LogP contribution in [-0.2, 0) is 9.53 Å². The number of aliphatic hydroxyl groups excluding tert-OH is 1. The Kier molecular flexibility index (Phi) is 3.92. The van der Waals surface area contributed by atoms with Gasteiger partial charge in [-0.15, -0.1) is 0 Å². The van der Waals surface area contributed by atoms with Gasteiger partial charge in [0.15, 0.2) is 0 Å². The second-order valence-electron chi connectivity index (χ2n) is 10.7. The Morgan fingerprint density at radius 2 is 1.85 bits per heavy atom. The summed E-state index contributed by atoms with van der Waals surface area (Å²) in [6.45, 7) is 5.15. The summed E-state index contributed by atoms with van der Waals surface area (Å²) < 4.78 is 5.20. The normalized spacial score (nSPS) is 54.6. The number of fused-ring (bicyclic) bond motifs is 5. The van der Waals surface area contributed by atoms with Gasteiger partial charge in [0.25, 0.3) is 0 Å². The summed E-state index contributed by atoms with van der Waals surface area (Å²) in [5, 5.41) is 22.3. The molecule has 8 atom stereocenters. The van der Waals surface area contributed by atoms with Gasteiger partial charge in [0.2, 0.25) is 0 Å². The van der Waals surface area contributed by atoms with Crippen molar-refractivity contribution in [3.8, 4) is 0 Å². The molecule has 0 aromatic carbocycles. The number of carbonyl (C=O) groups is 1. The highest BCUT2D eigenvalue weighted by Gasteiger charge is 2.67. The SMILES string of the molecule is CC12CCC(O)CC1CC[C@@H]1[C@H]2CCC2(C)[C@@H](C3=CC(=O)OC3)CCC12O. The average Bonchev–Trinajstić information content (AvgIpc) is 3.16. The fourth-order valence-electron chi connectivity index (χ4n) is 8.39. The molecule has 27 heavy (non-hydrogen) atoms. The number of esters is 1. The molecular weight excluding hydrogens is 340 g/mol. The monoisotopic (exact) mass is 374 g/mol. The quantitative estimate of drug-likeness (QED) is 0.688. The molecule has 4 fully saturated rings. The van der Waals surface area contributed by atoms with Crippen LogP contribution in [0.5, 0.6) is 0 Å². The molecule has 5 aliphatic rings. The van der Waals surface area contributed by atoms with Gasteiger partial charge >= 0.3 is 5.97 Å². The van der Waals surface area contributed by atoms with E-state index in [2.05, 4.69) is 13.8 Å². The summed E-state index contributed by atoms with van der Waals surface area (Å²) >= 11 is 0. The predicted octanol–water partition coefficient (Wildman–Crippen LogP) is 3.60. The van der Waals surface area contributed by atoms with Gasteiger partial charge in [-0.1, -0.05) is 13.8 Å². The van der Waals surface area contributed by atoms with E-state index in [9.17, 15) is 15.0 Å². The van der Waals surface area contributed by atoms with Crippen molar-refractivity contribution >= 4 is 5.97 Å². The van der Waals surface area contributed by atoms with E-state index >= 15 is 0 Å². The number of aliphatic hydroxyl groups is 2. The smallest absolute Gasteiger partial charge is 0.331 e. The van der Waals surface area contributed by atoms with Gasteiger partial charge in [0.1, 0.15) is 6.61 Å². The highest BCUT2D eigenvalue weighted by Crippen LogP contribution is 2.69. The molecule has 150 valence electrons. The van der Waals surface area contributed by atoms with Crippen LogP contribution in [0.25, 0.3) is 0 Å². The number of ether oxygens (including phenoxy) is 1. The van der Waals surface area contributed by atoms with Crippen molar-refractivity contribution in [3.05, 3.63) is 11.6 Å². The predicted molar refractivity (Wildman–Crippen MR) is 102 cm³/mol. The van der Waals surface area contributed by atoms with E-state index in [1.165, 1.54) is 6.42 Å². The molecule has 0 spiro atoms. The molecule has 1 aliphatic heterocycles. The molecule has 4 heteroatoms. The lowest BCUT2D eigenvalue weighted by molar-refractivity contribution is -0.208. The van der Waals surface area contributed by atoms with Crippen LogP contribution in [0.2, 0.25) is 0 Å². The van der Waals surface area contributed by atoms with Crippen molar-refractivity contribution in [2.45, 2.75) is 83.3 Å². The fourth-order valence-corrected chi connectivity index (χ4v) is 8.39. The zero-order valence-corrected chi connectivity index (χ0v) is 16.7. The van der Waals surface area contributed by atoms with Crippen LogP contribution in [-0.4, -0.2) is 34.5 Å². The number of cyclic esters (lactones) is 1. The molecular formula is C23H34O4. The summed E-state index contributed by atoms with van der Waals surface area (Å²) in [6, 6.07) is 0. The van der Waals surface area contributed by atoms with Gasteiger partial charge < -0.3 is 14.9 Å². The number of carbonyl (C=O) groups excluding carboxylic acids is 1. The van der Waals surface area contributed by atoms with E-state index in [4.69, 9.17) is 4.74 Å². The standard InChI is InChI=1S/C23H34O4/c1-21-8-5-16(24)12-15(21)3-4-19-18(21)6-9-22(2)17(7-10-23(19,22)26)14-11-20(25)27-13-14/h11,15-19,24,26H,3-10,12-13H2,1-2H3/t15?,16?,17-,18-,19-,21?,22?,23?/m1/s1. The van der Waals surface area contributed by atoms with Gasteiger partial charge in [-0.3, -0.25) is 0 Å². The van der Waals surface area contributed by atoms with Crippen LogP contribution < -0.4 is 0 Å². The number of hydrogen-bond acceptors (Lipinski definition) is 4. The highest BCUT2D eigenvalue weighted by atomic mass is 16.5. The van der Waals surface area contributed by atoms with Crippen molar-refractivity contribution in [1.29, 1.82) is 0 Å². The van der Waals surface area contributed by atoms with Gasteiger partial charge in [0.05, 0.1) is 11.7 Å². The van der Waals surface area contributed by atoms with Crippen LogP contribution in [0, 0.1) is 34.5 Å². The second kappa shape index (κ2) is 5.82. The minimum absolute atomic E-state index is 0.126. The number of hydrogen-bond donors (Lipinski definition) is 2. The average molecular weight is 375 g/mol.